The van der Waals surface area contributed by atoms with Crippen molar-refractivity contribution in [1.29, 1.82) is 0 Å². The third-order valence-electron chi connectivity index (χ3n) is 3.45. The highest BCUT2D eigenvalue weighted by Gasteiger charge is 2.19. The SMILES string of the molecule is NC(=O)c1cccnc1NCC1CCC(O)CC1. The lowest BCUT2D eigenvalue weighted by Gasteiger charge is -2.25. The number of carbonyl (C=O) groups excluding carboxylic acids is 1. The number of anilines is 1. The smallest absolute Gasteiger partial charge is 0.252 e. The Labute approximate surface area is 106 Å². The maximum absolute atomic E-state index is 11.2. The molecule has 1 saturated carbocycles. The molecule has 18 heavy (non-hydrogen) atoms. The number of pyridine rings is 1. The number of carbonyl (C=O) groups is 1. The molecule has 0 spiro atoms. The quantitative estimate of drug-likeness (QED) is 0.746. The van der Waals surface area contributed by atoms with Gasteiger partial charge in [-0.25, -0.2) is 4.98 Å². The number of amides is 1. The van der Waals surface area contributed by atoms with Crippen molar-refractivity contribution in [3.8, 4) is 0 Å². The van der Waals surface area contributed by atoms with E-state index in [0.717, 1.165) is 32.2 Å². The van der Waals surface area contributed by atoms with Gasteiger partial charge in [-0.3, -0.25) is 4.79 Å². The Balaban J connectivity index is 1.92. The highest BCUT2D eigenvalue weighted by atomic mass is 16.3. The lowest BCUT2D eigenvalue weighted by Crippen LogP contribution is -2.24. The zero-order chi connectivity index (χ0) is 13.0. The Morgan fingerprint density at radius 3 is 2.83 bits per heavy atom. The summed E-state index contributed by atoms with van der Waals surface area (Å²) in [6, 6.07) is 3.37. The minimum absolute atomic E-state index is 0.141. The minimum Gasteiger partial charge on any atom is -0.393 e. The molecule has 1 aromatic heterocycles. The first-order chi connectivity index (χ1) is 8.66. The fourth-order valence-corrected chi connectivity index (χ4v) is 2.33. The van der Waals surface area contributed by atoms with Gasteiger partial charge in [0.1, 0.15) is 5.82 Å². The number of nitrogens with two attached hydrogens (primary N) is 1. The van der Waals surface area contributed by atoms with Crippen molar-refractivity contribution in [2.45, 2.75) is 31.8 Å². The van der Waals surface area contributed by atoms with Crippen LogP contribution in [-0.4, -0.2) is 28.6 Å². The van der Waals surface area contributed by atoms with Gasteiger partial charge >= 0.3 is 0 Å². The van der Waals surface area contributed by atoms with Gasteiger partial charge in [-0.15, -0.1) is 0 Å². The van der Waals surface area contributed by atoms with Crippen LogP contribution in [0.25, 0.3) is 0 Å². The second-order valence-electron chi connectivity index (χ2n) is 4.82. The molecule has 0 aliphatic heterocycles. The van der Waals surface area contributed by atoms with E-state index in [1.54, 1.807) is 18.3 Å². The molecule has 5 heteroatoms. The van der Waals surface area contributed by atoms with Crippen molar-refractivity contribution >= 4 is 11.7 Å². The first-order valence-electron chi connectivity index (χ1n) is 6.33. The van der Waals surface area contributed by atoms with Crippen molar-refractivity contribution in [2.75, 3.05) is 11.9 Å². The van der Waals surface area contributed by atoms with E-state index in [9.17, 15) is 9.90 Å². The summed E-state index contributed by atoms with van der Waals surface area (Å²) in [6.45, 7) is 0.768. The highest BCUT2D eigenvalue weighted by molar-refractivity contribution is 5.97. The van der Waals surface area contributed by atoms with Gasteiger partial charge in [0, 0.05) is 12.7 Å². The Morgan fingerprint density at radius 2 is 2.17 bits per heavy atom. The van der Waals surface area contributed by atoms with Crippen LogP contribution in [0, 0.1) is 5.92 Å². The van der Waals surface area contributed by atoms with E-state index in [1.165, 1.54) is 0 Å². The fraction of sp³-hybridized carbons (Fsp3) is 0.538. The number of aliphatic hydroxyl groups excluding tert-OH is 1. The van der Waals surface area contributed by atoms with Crippen LogP contribution in [0.2, 0.25) is 0 Å². The standard InChI is InChI=1S/C13H19N3O2/c14-12(18)11-2-1-7-15-13(11)16-8-9-3-5-10(17)6-4-9/h1-2,7,9-10,17H,3-6,8H2,(H2,14,18)(H,15,16). The van der Waals surface area contributed by atoms with Gasteiger partial charge in [-0.1, -0.05) is 0 Å². The Kier molecular flexibility index (Phi) is 4.15. The average Bonchev–Trinajstić information content (AvgIpc) is 2.38. The molecular formula is C13H19N3O2. The zero-order valence-electron chi connectivity index (χ0n) is 10.3. The number of aromatic nitrogens is 1. The van der Waals surface area contributed by atoms with Gasteiger partial charge in [-0.05, 0) is 43.7 Å². The van der Waals surface area contributed by atoms with Crippen molar-refractivity contribution in [2.24, 2.45) is 11.7 Å². The second-order valence-corrected chi connectivity index (χ2v) is 4.82. The lowest BCUT2D eigenvalue weighted by molar-refractivity contribution is 0.100. The van der Waals surface area contributed by atoms with E-state index < -0.39 is 5.91 Å². The number of rotatable bonds is 4. The average molecular weight is 249 g/mol. The Bertz CT molecular complexity index is 414. The molecule has 1 heterocycles. The van der Waals surface area contributed by atoms with Crippen LogP contribution in [0.1, 0.15) is 36.0 Å². The molecule has 1 aliphatic carbocycles. The highest BCUT2D eigenvalue weighted by Crippen LogP contribution is 2.24. The predicted molar refractivity (Wildman–Crippen MR) is 69.2 cm³/mol. The molecule has 0 saturated heterocycles. The molecule has 1 aliphatic rings. The molecule has 0 aromatic carbocycles. The van der Waals surface area contributed by atoms with Crippen LogP contribution in [0.5, 0.6) is 0 Å². The summed E-state index contributed by atoms with van der Waals surface area (Å²) in [5, 5.41) is 12.6. The van der Waals surface area contributed by atoms with Crippen molar-refractivity contribution < 1.29 is 9.90 Å². The van der Waals surface area contributed by atoms with Crippen LogP contribution in [0.3, 0.4) is 0 Å². The summed E-state index contributed by atoms with van der Waals surface area (Å²) in [4.78, 5) is 15.4. The summed E-state index contributed by atoms with van der Waals surface area (Å²) >= 11 is 0. The van der Waals surface area contributed by atoms with E-state index in [2.05, 4.69) is 10.3 Å². The van der Waals surface area contributed by atoms with Gasteiger partial charge in [0.15, 0.2) is 0 Å². The largest absolute Gasteiger partial charge is 0.393 e. The third kappa shape index (κ3) is 3.20. The molecule has 1 fully saturated rings. The number of nitrogens with zero attached hydrogens (tertiary/aromatic N) is 1. The molecule has 0 unspecified atom stereocenters. The van der Waals surface area contributed by atoms with E-state index >= 15 is 0 Å². The number of aliphatic hydroxyl groups is 1. The molecule has 1 aromatic rings. The normalized spacial score (nSPS) is 23.6. The fourth-order valence-electron chi connectivity index (χ4n) is 2.33. The van der Waals surface area contributed by atoms with Crippen LogP contribution < -0.4 is 11.1 Å². The molecule has 1 amide bonds. The summed E-state index contributed by atoms with van der Waals surface area (Å²) < 4.78 is 0. The predicted octanol–water partition coefficient (Wildman–Crippen LogP) is 1.14. The molecule has 2 rings (SSSR count). The Morgan fingerprint density at radius 1 is 1.44 bits per heavy atom. The zero-order valence-corrected chi connectivity index (χ0v) is 10.3. The molecule has 98 valence electrons. The van der Waals surface area contributed by atoms with Crippen molar-refractivity contribution in [3.05, 3.63) is 23.9 Å². The first kappa shape index (κ1) is 12.8. The summed E-state index contributed by atoms with van der Waals surface area (Å²) in [5.41, 5.74) is 5.71. The summed E-state index contributed by atoms with van der Waals surface area (Å²) in [7, 11) is 0. The molecule has 0 atom stereocenters. The van der Waals surface area contributed by atoms with Gasteiger partial charge in [0.05, 0.1) is 11.7 Å². The molecular weight excluding hydrogens is 230 g/mol. The Hall–Kier alpha value is -1.62. The molecule has 0 bridgehead atoms. The summed E-state index contributed by atoms with van der Waals surface area (Å²) in [5.74, 6) is 0.608. The summed E-state index contributed by atoms with van der Waals surface area (Å²) in [6.07, 6.45) is 5.23. The van der Waals surface area contributed by atoms with Gasteiger partial charge in [0.2, 0.25) is 0 Å². The van der Waals surface area contributed by atoms with E-state index in [0.29, 0.717) is 17.3 Å². The van der Waals surface area contributed by atoms with Gasteiger partial charge in [0.25, 0.3) is 5.91 Å². The van der Waals surface area contributed by atoms with E-state index in [1.807, 2.05) is 0 Å². The molecule has 4 N–H and O–H groups in total. The lowest BCUT2D eigenvalue weighted by atomic mass is 9.87. The van der Waals surface area contributed by atoms with E-state index in [4.69, 9.17) is 5.73 Å². The maximum Gasteiger partial charge on any atom is 0.252 e. The second kappa shape index (κ2) is 5.82. The van der Waals surface area contributed by atoms with Crippen LogP contribution >= 0.6 is 0 Å². The van der Waals surface area contributed by atoms with Gasteiger partial charge in [-0.2, -0.15) is 0 Å². The maximum atomic E-state index is 11.2. The van der Waals surface area contributed by atoms with Crippen LogP contribution in [0.15, 0.2) is 18.3 Å². The van der Waals surface area contributed by atoms with E-state index in [-0.39, 0.29) is 6.10 Å². The first-order valence-corrected chi connectivity index (χ1v) is 6.33. The van der Waals surface area contributed by atoms with Crippen LogP contribution in [-0.2, 0) is 0 Å². The number of hydrogen-bond acceptors (Lipinski definition) is 4. The third-order valence-corrected chi connectivity index (χ3v) is 3.45. The molecule has 5 nitrogen and oxygen atoms in total. The number of primary amides is 1. The topological polar surface area (TPSA) is 88.2 Å². The van der Waals surface area contributed by atoms with Gasteiger partial charge < -0.3 is 16.2 Å². The number of nitrogens with one attached hydrogen (secondary N) is 1. The monoisotopic (exact) mass is 249 g/mol. The minimum atomic E-state index is -0.468. The van der Waals surface area contributed by atoms with Crippen LogP contribution in [0.4, 0.5) is 5.82 Å². The van der Waals surface area contributed by atoms with Crippen molar-refractivity contribution in [1.82, 2.24) is 4.98 Å². The van der Waals surface area contributed by atoms with Crippen molar-refractivity contribution in [3.63, 3.8) is 0 Å². The molecule has 0 radical (unpaired) electrons. The number of hydrogen-bond donors (Lipinski definition) is 3.